The van der Waals surface area contributed by atoms with E-state index in [0.717, 1.165) is 17.8 Å². The molecule has 0 spiro atoms. The summed E-state index contributed by atoms with van der Waals surface area (Å²) < 4.78 is 0.637. The summed E-state index contributed by atoms with van der Waals surface area (Å²) in [5.41, 5.74) is 0. The number of aromatic nitrogens is 1. The summed E-state index contributed by atoms with van der Waals surface area (Å²) in [6, 6.07) is 0. The van der Waals surface area contributed by atoms with Crippen molar-refractivity contribution in [3.63, 3.8) is 0 Å². The van der Waals surface area contributed by atoms with Gasteiger partial charge in [0.1, 0.15) is 15.4 Å². The van der Waals surface area contributed by atoms with Crippen molar-refractivity contribution >= 4 is 22.9 Å². The van der Waals surface area contributed by atoms with Gasteiger partial charge in [-0.25, -0.2) is 4.98 Å². The predicted octanol–water partition coefficient (Wildman–Crippen LogP) is 3.27. The van der Waals surface area contributed by atoms with E-state index in [1.807, 2.05) is 6.92 Å². The Kier molecular flexibility index (Phi) is 4.16. The monoisotopic (exact) mass is 219 g/mol. The normalized spacial score (nSPS) is 15.7. The minimum absolute atomic E-state index is 0.257. The van der Waals surface area contributed by atoms with Crippen molar-refractivity contribution in [2.24, 2.45) is 5.92 Å². The van der Waals surface area contributed by atoms with Crippen LogP contribution in [0.1, 0.15) is 37.8 Å². The summed E-state index contributed by atoms with van der Waals surface area (Å²) in [5.74, 6) is 0.257. The number of hydrogen-bond donors (Lipinski definition) is 1. The first-order valence-corrected chi connectivity index (χ1v) is 5.64. The summed E-state index contributed by atoms with van der Waals surface area (Å²) in [4.78, 5) is 4.06. The molecular formula is C9H14ClNOS. The van der Waals surface area contributed by atoms with E-state index in [2.05, 4.69) is 11.9 Å². The van der Waals surface area contributed by atoms with Crippen molar-refractivity contribution < 1.29 is 5.11 Å². The van der Waals surface area contributed by atoms with Crippen LogP contribution in [-0.2, 0) is 0 Å². The Balaban J connectivity index is 2.61. The standard InChI is InChI=1S/C9H14ClNOS/c1-3-4-6(2)8(12)9-11-5-7(10)13-9/h5-6,8,12H,3-4H2,1-2H3. The molecule has 2 unspecified atom stereocenters. The Morgan fingerprint density at radius 3 is 2.85 bits per heavy atom. The van der Waals surface area contributed by atoms with Crippen LogP contribution in [0, 0.1) is 5.92 Å². The van der Waals surface area contributed by atoms with E-state index in [9.17, 15) is 5.11 Å². The van der Waals surface area contributed by atoms with Crippen molar-refractivity contribution in [3.05, 3.63) is 15.5 Å². The van der Waals surface area contributed by atoms with Gasteiger partial charge in [0.15, 0.2) is 0 Å². The van der Waals surface area contributed by atoms with E-state index < -0.39 is 6.10 Å². The molecule has 1 heterocycles. The molecule has 0 bridgehead atoms. The van der Waals surface area contributed by atoms with Crippen LogP contribution in [-0.4, -0.2) is 10.1 Å². The predicted molar refractivity (Wildman–Crippen MR) is 56.2 cm³/mol. The molecule has 1 rings (SSSR count). The van der Waals surface area contributed by atoms with Crippen molar-refractivity contribution in [3.8, 4) is 0 Å². The number of hydrogen-bond acceptors (Lipinski definition) is 3. The van der Waals surface area contributed by atoms with E-state index in [-0.39, 0.29) is 5.92 Å². The highest BCUT2D eigenvalue weighted by Gasteiger charge is 2.18. The zero-order chi connectivity index (χ0) is 9.84. The first-order chi connectivity index (χ1) is 6.15. The summed E-state index contributed by atoms with van der Waals surface area (Å²) in [6.07, 6.45) is 3.22. The molecule has 2 atom stereocenters. The van der Waals surface area contributed by atoms with Crippen LogP contribution < -0.4 is 0 Å². The molecule has 0 aromatic carbocycles. The average molecular weight is 220 g/mol. The number of rotatable bonds is 4. The maximum atomic E-state index is 9.82. The number of aliphatic hydroxyl groups excluding tert-OH is 1. The third-order valence-corrected chi connectivity index (χ3v) is 3.22. The Morgan fingerprint density at radius 1 is 1.69 bits per heavy atom. The number of halogens is 1. The molecule has 0 radical (unpaired) electrons. The first-order valence-electron chi connectivity index (χ1n) is 4.44. The van der Waals surface area contributed by atoms with Crippen LogP contribution in [0.5, 0.6) is 0 Å². The van der Waals surface area contributed by atoms with Gasteiger partial charge in [-0.05, 0) is 12.3 Å². The number of thiazole rings is 1. The van der Waals surface area contributed by atoms with Gasteiger partial charge >= 0.3 is 0 Å². The van der Waals surface area contributed by atoms with Gasteiger partial charge < -0.3 is 5.11 Å². The maximum absolute atomic E-state index is 9.82. The lowest BCUT2D eigenvalue weighted by Gasteiger charge is -2.15. The molecule has 0 fully saturated rings. The zero-order valence-corrected chi connectivity index (χ0v) is 9.40. The fraction of sp³-hybridized carbons (Fsp3) is 0.667. The van der Waals surface area contributed by atoms with Crippen molar-refractivity contribution in [1.82, 2.24) is 4.98 Å². The van der Waals surface area contributed by atoms with Crippen LogP contribution >= 0.6 is 22.9 Å². The number of aliphatic hydroxyl groups is 1. The molecule has 0 saturated heterocycles. The first kappa shape index (κ1) is 11.0. The molecule has 1 aromatic rings. The van der Waals surface area contributed by atoms with Crippen LogP contribution in [0.4, 0.5) is 0 Å². The topological polar surface area (TPSA) is 33.1 Å². The molecule has 1 N–H and O–H groups in total. The van der Waals surface area contributed by atoms with Crippen molar-refractivity contribution in [1.29, 1.82) is 0 Å². The summed E-state index contributed by atoms with van der Waals surface area (Å²) in [6.45, 7) is 4.14. The van der Waals surface area contributed by atoms with Crippen molar-refractivity contribution in [2.75, 3.05) is 0 Å². The lowest BCUT2D eigenvalue weighted by molar-refractivity contribution is 0.112. The minimum Gasteiger partial charge on any atom is -0.386 e. The highest BCUT2D eigenvalue weighted by molar-refractivity contribution is 7.15. The maximum Gasteiger partial charge on any atom is 0.123 e. The minimum atomic E-state index is -0.461. The van der Waals surface area contributed by atoms with Crippen LogP contribution in [0.25, 0.3) is 0 Å². The highest BCUT2D eigenvalue weighted by atomic mass is 35.5. The highest BCUT2D eigenvalue weighted by Crippen LogP contribution is 2.30. The SMILES string of the molecule is CCCC(C)C(O)c1ncc(Cl)s1. The molecular weight excluding hydrogens is 206 g/mol. The molecule has 4 heteroatoms. The van der Waals surface area contributed by atoms with Crippen LogP contribution in [0.15, 0.2) is 6.20 Å². The van der Waals surface area contributed by atoms with E-state index in [1.54, 1.807) is 6.20 Å². The van der Waals surface area contributed by atoms with E-state index in [0.29, 0.717) is 4.34 Å². The van der Waals surface area contributed by atoms with Crippen LogP contribution in [0.2, 0.25) is 4.34 Å². The van der Waals surface area contributed by atoms with E-state index >= 15 is 0 Å². The van der Waals surface area contributed by atoms with Gasteiger partial charge in [-0.1, -0.05) is 31.9 Å². The van der Waals surface area contributed by atoms with E-state index in [1.165, 1.54) is 11.3 Å². The molecule has 0 aliphatic carbocycles. The van der Waals surface area contributed by atoms with Gasteiger partial charge in [0.2, 0.25) is 0 Å². The fourth-order valence-corrected chi connectivity index (χ4v) is 2.31. The Morgan fingerprint density at radius 2 is 2.38 bits per heavy atom. The molecule has 1 aromatic heterocycles. The molecule has 0 aliphatic rings. The Bertz CT molecular complexity index is 264. The molecule has 0 saturated carbocycles. The quantitative estimate of drug-likeness (QED) is 0.843. The van der Waals surface area contributed by atoms with Gasteiger partial charge in [-0.2, -0.15) is 0 Å². The van der Waals surface area contributed by atoms with E-state index in [4.69, 9.17) is 11.6 Å². The summed E-state index contributed by atoms with van der Waals surface area (Å²) >= 11 is 7.09. The van der Waals surface area contributed by atoms with Gasteiger partial charge in [0, 0.05) is 0 Å². The van der Waals surface area contributed by atoms with Crippen LogP contribution in [0.3, 0.4) is 0 Å². The lowest BCUT2D eigenvalue weighted by atomic mass is 10.0. The second-order valence-electron chi connectivity index (χ2n) is 3.21. The van der Waals surface area contributed by atoms with Gasteiger partial charge in [-0.15, -0.1) is 11.3 Å². The average Bonchev–Trinajstić information content (AvgIpc) is 2.51. The molecule has 13 heavy (non-hydrogen) atoms. The summed E-state index contributed by atoms with van der Waals surface area (Å²) in [5, 5.41) is 10.6. The summed E-state index contributed by atoms with van der Waals surface area (Å²) in [7, 11) is 0. The van der Waals surface area contributed by atoms with Crippen molar-refractivity contribution in [2.45, 2.75) is 32.8 Å². The third-order valence-electron chi connectivity index (χ3n) is 2.03. The molecule has 0 aliphatic heterocycles. The second-order valence-corrected chi connectivity index (χ2v) is 4.91. The second kappa shape index (κ2) is 4.94. The largest absolute Gasteiger partial charge is 0.386 e. The number of nitrogens with zero attached hydrogens (tertiary/aromatic N) is 1. The molecule has 74 valence electrons. The Labute approximate surface area is 87.6 Å². The van der Waals surface area contributed by atoms with Gasteiger partial charge in [-0.3, -0.25) is 0 Å². The zero-order valence-electron chi connectivity index (χ0n) is 7.83. The third kappa shape index (κ3) is 2.93. The molecule has 2 nitrogen and oxygen atoms in total. The smallest absolute Gasteiger partial charge is 0.123 e. The van der Waals surface area contributed by atoms with Gasteiger partial charge in [0.05, 0.1) is 6.20 Å². The lowest BCUT2D eigenvalue weighted by Crippen LogP contribution is -2.08. The van der Waals surface area contributed by atoms with Gasteiger partial charge in [0.25, 0.3) is 0 Å². The fourth-order valence-electron chi connectivity index (χ4n) is 1.26. The Hall–Kier alpha value is -0.120. The molecule has 0 amide bonds.